The van der Waals surface area contributed by atoms with Gasteiger partial charge in [-0.05, 0) is 102 Å². The molecule has 0 bridgehead atoms. The normalized spacial score (nSPS) is 24.4. The molecule has 9 rings (SSSR count). The van der Waals surface area contributed by atoms with Gasteiger partial charge in [-0.2, -0.15) is 36.4 Å². The van der Waals surface area contributed by atoms with Crippen LogP contribution in [0.5, 0.6) is 0 Å². The molecule has 1 N–H and O–H groups in total. The Hall–Kier alpha value is -2.43. The molecule has 0 radical (unpaired) electrons. The van der Waals surface area contributed by atoms with E-state index < -0.39 is 5.72 Å². The Kier molecular flexibility index (Phi) is 31.0. The SMILES string of the molecule is C.CC.CC.CC.CCOCC.O=C1CCC2CCCN12.OC1(c2ccccc2)CCC2CCCN21.[Li+].[c-]1ccccc1.c1ccc(C2CCC3CCCN32)cc1. The summed E-state index contributed by atoms with van der Waals surface area (Å²) in [6.45, 7) is 21.1. The molecule has 316 valence electrons. The Morgan fingerprint density at radius 2 is 1.21 bits per heavy atom. The maximum absolute atomic E-state index is 11.0. The maximum Gasteiger partial charge on any atom is 1.00 e. The minimum Gasteiger partial charge on any atom is -0.382 e. The number of carbonyl (C=O) groups is 1. The van der Waals surface area contributed by atoms with Gasteiger partial charge in [0, 0.05) is 56.9 Å². The molecule has 6 nitrogen and oxygen atoms in total. The molecule has 0 aliphatic carbocycles. The molecule has 6 heterocycles. The zero-order valence-corrected chi connectivity index (χ0v) is 37.1. The number of nitrogens with zero attached hydrogens (tertiary/aromatic N) is 3. The zero-order chi connectivity index (χ0) is 40.3. The van der Waals surface area contributed by atoms with Gasteiger partial charge in [-0.3, -0.25) is 14.6 Å². The van der Waals surface area contributed by atoms with Crippen LogP contribution < -0.4 is 18.9 Å². The van der Waals surface area contributed by atoms with Gasteiger partial charge >= 0.3 is 18.9 Å². The van der Waals surface area contributed by atoms with Crippen molar-refractivity contribution in [2.75, 3.05) is 32.8 Å². The van der Waals surface area contributed by atoms with Crippen LogP contribution in [0.1, 0.15) is 157 Å². The topological polar surface area (TPSA) is 56.2 Å². The summed E-state index contributed by atoms with van der Waals surface area (Å²) in [6, 6.07) is 36.5. The van der Waals surface area contributed by atoms with Crippen LogP contribution in [0.2, 0.25) is 0 Å². The minimum atomic E-state index is -0.678. The van der Waals surface area contributed by atoms with Crippen molar-refractivity contribution >= 4 is 5.91 Å². The van der Waals surface area contributed by atoms with Crippen LogP contribution in [0.15, 0.2) is 91.0 Å². The fraction of sp³-hybridized carbons (Fsp3) is 0.620. The van der Waals surface area contributed by atoms with E-state index in [-0.39, 0.29) is 26.3 Å². The van der Waals surface area contributed by atoms with E-state index >= 15 is 0 Å². The van der Waals surface area contributed by atoms with Crippen molar-refractivity contribution in [3.05, 3.63) is 108 Å². The van der Waals surface area contributed by atoms with Gasteiger partial charge in [0.25, 0.3) is 0 Å². The third kappa shape index (κ3) is 17.0. The van der Waals surface area contributed by atoms with Gasteiger partial charge in [-0.1, -0.05) is 110 Å². The summed E-state index contributed by atoms with van der Waals surface area (Å²) in [5, 5.41) is 10.8. The average Bonchev–Trinajstić information content (AvgIpc) is 4.13. The van der Waals surface area contributed by atoms with Crippen LogP contribution in [-0.2, 0) is 15.3 Å². The molecule has 3 aromatic rings. The number of hydrogen-bond donors (Lipinski definition) is 1. The Bertz CT molecular complexity index is 1320. The van der Waals surface area contributed by atoms with Crippen LogP contribution in [0.3, 0.4) is 0 Å². The Balaban J connectivity index is 0.000000691. The first kappa shape index (κ1) is 54.6. The van der Waals surface area contributed by atoms with Crippen LogP contribution in [0, 0.1) is 6.07 Å². The molecule has 57 heavy (non-hydrogen) atoms. The number of amides is 1. The van der Waals surface area contributed by atoms with Crippen molar-refractivity contribution in [2.24, 2.45) is 0 Å². The molecule has 0 spiro atoms. The van der Waals surface area contributed by atoms with Crippen LogP contribution in [-0.4, -0.2) is 76.7 Å². The van der Waals surface area contributed by atoms with Gasteiger partial charge in [0.2, 0.25) is 5.91 Å². The Morgan fingerprint density at radius 3 is 1.75 bits per heavy atom. The Labute approximate surface area is 363 Å². The molecule has 6 aliphatic rings. The van der Waals surface area contributed by atoms with Crippen molar-refractivity contribution in [3.63, 3.8) is 0 Å². The molecule has 5 atom stereocenters. The average molecular weight is 780 g/mol. The fourth-order valence-corrected chi connectivity index (χ4v) is 8.72. The maximum atomic E-state index is 11.0. The molecular weight excluding hydrogens is 698 g/mol. The van der Waals surface area contributed by atoms with Crippen molar-refractivity contribution in [1.29, 1.82) is 0 Å². The predicted molar refractivity (Wildman–Crippen MR) is 240 cm³/mol. The van der Waals surface area contributed by atoms with Crippen molar-refractivity contribution in [3.8, 4) is 0 Å². The third-order valence-electron chi connectivity index (χ3n) is 11.1. The number of carbonyl (C=O) groups excluding carboxylic acids is 1. The quantitative estimate of drug-likeness (QED) is 0.212. The molecule has 5 unspecified atom stereocenters. The third-order valence-corrected chi connectivity index (χ3v) is 11.1. The van der Waals surface area contributed by atoms with Gasteiger partial charge in [0.1, 0.15) is 5.72 Å². The molecular formula is C50H82LiN3O3. The van der Waals surface area contributed by atoms with E-state index in [1.807, 2.05) is 121 Å². The number of hydrogen-bond acceptors (Lipinski definition) is 5. The molecule has 0 saturated carbocycles. The second-order valence-electron chi connectivity index (χ2n) is 14.0. The molecule has 7 heteroatoms. The second kappa shape index (κ2) is 32.4. The zero-order valence-electron chi connectivity index (χ0n) is 37.1. The number of ether oxygens (including phenoxy) is 1. The van der Waals surface area contributed by atoms with E-state index in [2.05, 4.69) is 46.2 Å². The molecule has 6 saturated heterocycles. The van der Waals surface area contributed by atoms with E-state index in [1.165, 1.54) is 63.5 Å². The first-order valence-electron chi connectivity index (χ1n) is 22.2. The molecule has 6 fully saturated rings. The largest absolute Gasteiger partial charge is 1.00 e. The van der Waals surface area contributed by atoms with E-state index in [1.54, 1.807) is 0 Å². The van der Waals surface area contributed by atoms with E-state index in [0.717, 1.165) is 69.6 Å². The number of fused-ring (bicyclic) bond motifs is 3. The number of benzene rings is 3. The summed E-state index contributed by atoms with van der Waals surface area (Å²) in [5.74, 6) is 0.387. The van der Waals surface area contributed by atoms with Gasteiger partial charge in [0.15, 0.2) is 0 Å². The molecule has 3 aromatic carbocycles. The van der Waals surface area contributed by atoms with Crippen molar-refractivity contribution in [1.82, 2.24) is 14.7 Å². The summed E-state index contributed by atoms with van der Waals surface area (Å²) in [5.41, 5.74) is 1.91. The second-order valence-corrected chi connectivity index (χ2v) is 14.0. The summed E-state index contributed by atoms with van der Waals surface area (Å²) in [6.07, 6.45) is 14.6. The first-order chi connectivity index (χ1) is 27.0. The first-order valence-corrected chi connectivity index (χ1v) is 22.2. The molecule has 0 aromatic heterocycles. The summed E-state index contributed by atoms with van der Waals surface area (Å²) < 4.78 is 4.83. The summed E-state index contributed by atoms with van der Waals surface area (Å²) >= 11 is 0. The predicted octanol–water partition coefficient (Wildman–Crippen LogP) is 9.10. The van der Waals surface area contributed by atoms with Gasteiger partial charge in [-0.15, -0.1) is 0 Å². The summed E-state index contributed by atoms with van der Waals surface area (Å²) in [4.78, 5) is 18.0. The van der Waals surface area contributed by atoms with Crippen LogP contribution in [0.25, 0.3) is 0 Å². The van der Waals surface area contributed by atoms with Gasteiger partial charge in [-0.25, -0.2) is 0 Å². The smallest absolute Gasteiger partial charge is 0.382 e. The van der Waals surface area contributed by atoms with E-state index in [0.29, 0.717) is 18.0 Å². The van der Waals surface area contributed by atoms with Crippen molar-refractivity contribution < 1.29 is 33.5 Å². The Morgan fingerprint density at radius 1 is 0.667 bits per heavy atom. The standard InChI is InChI=1S/C13H17NO.C13H17N.C7H11NO.C6H5.C4H10O.3C2H6.CH4.Li/c15-13(11-5-2-1-3-6-11)9-8-12-7-4-10-14(12)13;1-2-5-11(6-3-1)13-9-8-12-7-4-10-14(12)13;9-7-4-3-6-2-1-5-8(6)7;1-2-4-6-5-3-1;1-3-5-4-2;3*1-2;;/h1-3,5-6,12,15H,4,7-10H2;1-3,5-6,12-13H,4,7-10H2;6H,1-5H2;1-5H;3-4H2,1-2H3;3*1-2H3;1H4;/q;;;-1;;;;;;+1. The molecule has 6 aliphatic heterocycles. The van der Waals surface area contributed by atoms with Crippen molar-refractivity contribution in [2.45, 2.75) is 170 Å². The number of aliphatic hydroxyl groups is 1. The van der Waals surface area contributed by atoms with Gasteiger partial charge < -0.3 is 14.7 Å². The molecule has 1 amide bonds. The van der Waals surface area contributed by atoms with E-state index in [9.17, 15) is 9.90 Å². The van der Waals surface area contributed by atoms with Crippen LogP contribution in [0.4, 0.5) is 0 Å². The van der Waals surface area contributed by atoms with E-state index in [4.69, 9.17) is 4.74 Å². The number of rotatable bonds is 4. The minimum absolute atomic E-state index is 0. The summed E-state index contributed by atoms with van der Waals surface area (Å²) in [7, 11) is 0. The van der Waals surface area contributed by atoms with Gasteiger partial charge in [0.05, 0.1) is 0 Å². The van der Waals surface area contributed by atoms with Crippen LogP contribution >= 0.6 is 0 Å². The monoisotopic (exact) mass is 780 g/mol. The fourth-order valence-electron chi connectivity index (χ4n) is 8.72.